The molecule has 0 amide bonds. The summed E-state index contributed by atoms with van der Waals surface area (Å²) in [5.74, 6) is 0. The molecule has 1 unspecified atom stereocenters. The number of anilines is 1. The average molecular weight is 237 g/mol. The minimum Gasteiger partial charge on any atom is -0.316 e. The van der Waals surface area contributed by atoms with Crippen molar-refractivity contribution in [3.8, 4) is 0 Å². The van der Waals surface area contributed by atoms with Crippen molar-refractivity contribution in [2.24, 2.45) is 4.99 Å². The van der Waals surface area contributed by atoms with Crippen LogP contribution in [0, 0.1) is 0 Å². The van der Waals surface area contributed by atoms with Gasteiger partial charge in [0.15, 0.2) is 5.08 Å². The maximum Gasteiger partial charge on any atom is 0.181 e. The molecular weight excluding hydrogens is 228 g/mol. The van der Waals surface area contributed by atoms with Crippen molar-refractivity contribution in [2.75, 3.05) is 4.90 Å². The molecule has 0 saturated heterocycles. The first kappa shape index (κ1) is 8.51. The Hall–Kier alpha value is -1.09. The third kappa shape index (κ3) is 1.80. The molecule has 0 N–H and O–H groups in total. The quantitative estimate of drug-likeness (QED) is 0.541. The van der Waals surface area contributed by atoms with Crippen LogP contribution >= 0.6 is 15.9 Å². The monoisotopic (exact) mass is 236 g/mol. The van der Waals surface area contributed by atoms with Crippen LogP contribution in [0.4, 0.5) is 5.69 Å². The summed E-state index contributed by atoms with van der Waals surface area (Å²) in [5, 5.41) is 0.0138. The number of benzene rings is 1. The van der Waals surface area contributed by atoms with Crippen LogP contribution in [0.25, 0.3) is 0 Å². The molecule has 2 nitrogen and oxygen atoms in total. The summed E-state index contributed by atoms with van der Waals surface area (Å²) in [6.07, 6.45) is 5.71. The predicted octanol–water partition coefficient (Wildman–Crippen LogP) is 2.77. The van der Waals surface area contributed by atoms with Gasteiger partial charge in [0.25, 0.3) is 0 Å². The van der Waals surface area contributed by atoms with Crippen LogP contribution in [0.2, 0.25) is 0 Å². The molecule has 1 atom stereocenters. The van der Waals surface area contributed by atoms with E-state index in [2.05, 4.69) is 38.0 Å². The van der Waals surface area contributed by atoms with Crippen LogP contribution in [0.1, 0.15) is 0 Å². The van der Waals surface area contributed by atoms with Crippen molar-refractivity contribution < 1.29 is 0 Å². The van der Waals surface area contributed by atoms with Gasteiger partial charge in [-0.3, -0.25) is 4.99 Å². The molecule has 1 aliphatic heterocycles. The third-order valence-electron chi connectivity index (χ3n) is 1.83. The Kier molecular flexibility index (Phi) is 2.45. The Labute approximate surface area is 85.7 Å². The molecule has 1 aromatic carbocycles. The van der Waals surface area contributed by atoms with E-state index in [4.69, 9.17) is 0 Å². The van der Waals surface area contributed by atoms with Gasteiger partial charge >= 0.3 is 0 Å². The Balaban J connectivity index is 2.27. The highest BCUT2D eigenvalue weighted by Crippen LogP contribution is 2.22. The van der Waals surface area contributed by atoms with E-state index < -0.39 is 0 Å². The van der Waals surface area contributed by atoms with Crippen molar-refractivity contribution >= 4 is 27.8 Å². The molecule has 66 valence electrons. The summed E-state index contributed by atoms with van der Waals surface area (Å²) in [6, 6.07) is 10.1. The van der Waals surface area contributed by atoms with Gasteiger partial charge in [0, 0.05) is 18.1 Å². The standard InChI is InChI=1S/C10H9BrN2/c11-10-12-7-4-8-13(10)9-5-2-1-3-6-9/h1-8,10H. The number of halogens is 1. The van der Waals surface area contributed by atoms with E-state index in [0.717, 1.165) is 5.69 Å². The number of allylic oxidation sites excluding steroid dienone is 1. The maximum absolute atomic E-state index is 4.22. The number of nitrogens with zero attached hydrogens (tertiary/aromatic N) is 2. The first-order chi connectivity index (χ1) is 6.38. The molecule has 0 radical (unpaired) electrons. The number of para-hydroxylation sites is 1. The fraction of sp³-hybridized carbons (Fsp3) is 0.100. The first-order valence-electron chi connectivity index (χ1n) is 4.05. The highest BCUT2D eigenvalue weighted by atomic mass is 79.9. The average Bonchev–Trinajstić information content (AvgIpc) is 2.20. The highest BCUT2D eigenvalue weighted by molar-refractivity contribution is 9.09. The highest BCUT2D eigenvalue weighted by Gasteiger charge is 2.12. The van der Waals surface area contributed by atoms with Crippen molar-refractivity contribution in [1.29, 1.82) is 0 Å². The fourth-order valence-corrected chi connectivity index (χ4v) is 1.71. The van der Waals surface area contributed by atoms with Crippen LogP contribution in [-0.4, -0.2) is 11.3 Å². The van der Waals surface area contributed by atoms with E-state index in [9.17, 15) is 0 Å². The molecule has 0 fully saturated rings. The molecule has 1 aliphatic rings. The zero-order chi connectivity index (χ0) is 9.10. The minimum atomic E-state index is 0.0138. The molecule has 2 rings (SSSR count). The number of hydrogen-bond acceptors (Lipinski definition) is 2. The molecule has 13 heavy (non-hydrogen) atoms. The number of hydrogen-bond donors (Lipinski definition) is 0. The van der Waals surface area contributed by atoms with Crippen molar-refractivity contribution in [3.05, 3.63) is 42.6 Å². The zero-order valence-electron chi connectivity index (χ0n) is 6.97. The summed E-state index contributed by atoms with van der Waals surface area (Å²) in [6.45, 7) is 0. The molecule has 1 heterocycles. The maximum atomic E-state index is 4.22. The van der Waals surface area contributed by atoms with Gasteiger partial charge in [-0.25, -0.2) is 0 Å². The Bertz CT molecular complexity index is 332. The van der Waals surface area contributed by atoms with E-state index in [1.807, 2.05) is 30.5 Å². The lowest BCUT2D eigenvalue weighted by Crippen LogP contribution is -2.25. The van der Waals surface area contributed by atoms with Gasteiger partial charge in [-0.1, -0.05) is 18.2 Å². The molecule has 1 aromatic rings. The van der Waals surface area contributed by atoms with Gasteiger partial charge in [0.05, 0.1) is 0 Å². The van der Waals surface area contributed by atoms with Crippen LogP contribution in [0.3, 0.4) is 0 Å². The van der Waals surface area contributed by atoms with Crippen molar-refractivity contribution in [3.63, 3.8) is 0 Å². The second kappa shape index (κ2) is 3.75. The van der Waals surface area contributed by atoms with E-state index in [0.29, 0.717) is 0 Å². The van der Waals surface area contributed by atoms with Crippen LogP contribution in [-0.2, 0) is 0 Å². The largest absolute Gasteiger partial charge is 0.316 e. The van der Waals surface area contributed by atoms with Gasteiger partial charge in [-0.2, -0.15) is 0 Å². The Morgan fingerprint density at radius 1 is 1.23 bits per heavy atom. The summed E-state index contributed by atoms with van der Waals surface area (Å²) in [7, 11) is 0. The summed E-state index contributed by atoms with van der Waals surface area (Å²) in [4.78, 5) is 6.27. The molecule has 0 bridgehead atoms. The lowest BCUT2D eigenvalue weighted by molar-refractivity contribution is 0.921. The first-order valence-corrected chi connectivity index (χ1v) is 4.97. The Morgan fingerprint density at radius 3 is 2.69 bits per heavy atom. The Morgan fingerprint density at radius 2 is 2.00 bits per heavy atom. The van der Waals surface area contributed by atoms with Gasteiger partial charge in [-0.05, 0) is 34.1 Å². The van der Waals surface area contributed by atoms with E-state index in [-0.39, 0.29) is 5.08 Å². The van der Waals surface area contributed by atoms with Gasteiger partial charge in [0.2, 0.25) is 0 Å². The SMILES string of the molecule is BrC1N=CC=CN1c1ccccc1. The molecule has 3 heteroatoms. The van der Waals surface area contributed by atoms with Crippen LogP contribution in [0.15, 0.2) is 47.6 Å². The van der Waals surface area contributed by atoms with Crippen LogP contribution < -0.4 is 4.90 Å². The van der Waals surface area contributed by atoms with Crippen molar-refractivity contribution in [1.82, 2.24) is 0 Å². The number of aliphatic imine (C=N–C) groups is 1. The summed E-state index contributed by atoms with van der Waals surface area (Å²) >= 11 is 3.47. The molecular formula is C10H9BrN2. The summed E-state index contributed by atoms with van der Waals surface area (Å²) < 4.78 is 0. The second-order valence-corrected chi connectivity index (χ2v) is 3.51. The van der Waals surface area contributed by atoms with Gasteiger partial charge in [0.1, 0.15) is 0 Å². The summed E-state index contributed by atoms with van der Waals surface area (Å²) in [5.41, 5.74) is 1.14. The molecule has 0 spiro atoms. The predicted molar refractivity (Wildman–Crippen MR) is 59.3 cm³/mol. The lowest BCUT2D eigenvalue weighted by atomic mass is 10.3. The van der Waals surface area contributed by atoms with E-state index >= 15 is 0 Å². The van der Waals surface area contributed by atoms with Gasteiger partial charge < -0.3 is 4.90 Å². The molecule has 0 saturated carbocycles. The lowest BCUT2D eigenvalue weighted by Gasteiger charge is -2.25. The number of rotatable bonds is 1. The second-order valence-electron chi connectivity index (χ2n) is 2.69. The smallest absolute Gasteiger partial charge is 0.181 e. The zero-order valence-corrected chi connectivity index (χ0v) is 8.55. The molecule has 0 aromatic heterocycles. The van der Waals surface area contributed by atoms with Crippen LogP contribution in [0.5, 0.6) is 0 Å². The minimum absolute atomic E-state index is 0.0138. The van der Waals surface area contributed by atoms with Crippen molar-refractivity contribution in [2.45, 2.75) is 5.08 Å². The normalized spacial score (nSPS) is 20.7. The molecule has 0 aliphatic carbocycles. The number of alkyl halides is 1. The third-order valence-corrected chi connectivity index (χ3v) is 2.50. The topological polar surface area (TPSA) is 15.6 Å². The van der Waals surface area contributed by atoms with Gasteiger partial charge in [-0.15, -0.1) is 0 Å². The van der Waals surface area contributed by atoms with E-state index in [1.54, 1.807) is 6.21 Å². The fourth-order valence-electron chi connectivity index (χ4n) is 1.20. The van der Waals surface area contributed by atoms with E-state index in [1.165, 1.54) is 0 Å².